The van der Waals surface area contributed by atoms with E-state index in [-0.39, 0.29) is 12.5 Å². The molecular formula is C21H17N3O2. The van der Waals surface area contributed by atoms with Crippen molar-refractivity contribution in [1.29, 1.82) is 0 Å². The van der Waals surface area contributed by atoms with Gasteiger partial charge in [0.05, 0.1) is 6.54 Å². The molecule has 0 aliphatic heterocycles. The zero-order chi connectivity index (χ0) is 17.8. The number of nitrogens with one attached hydrogen (secondary N) is 2. The fraction of sp³-hybridized carbons (Fsp3) is 0.143. The van der Waals surface area contributed by atoms with Crippen LogP contribution in [0.5, 0.6) is 0 Å². The molecule has 3 aromatic rings. The minimum Gasteiger partial charge on any atom is -0.449 e. The van der Waals surface area contributed by atoms with E-state index in [1.54, 1.807) is 12.3 Å². The van der Waals surface area contributed by atoms with Gasteiger partial charge in [-0.25, -0.2) is 4.79 Å². The number of alkyl carbamates (subject to hydrolysis) is 1. The molecule has 2 N–H and O–H groups in total. The van der Waals surface area contributed by atoms with Crippen molar-refractivity contribution in [2.75, 3.05) is 13.2 Å². The van der Waals surface area contributed by atoms with E-state index in [1.165, 1.54) is 22.3 Å². The summed E-state index contributed by atoms with van der Waals surface area (Å²) in [6.45, 7) is 0.517. The summed E-state index contributed by atoms with van der Waals surface area (Å²) in [5.74, 6) is 5.77. The Hall–Kier alpha value is -3.52. The van der Waals surface area contributed by atoms with E-state index in [0.29, 0.717) is 12.3 Å². The molecule has 1 aliphatic rings. The van der Waals surface area contributed by atoms with Gasteiger partial charge in [0, 0.05) is 12.1 Å². The number of hydrogen-bond donors (Lipinski definition) is 2. The van der Waals surface area contributed by atoms with Gasteiger partial charge in [0.15, 0.2) is 0 Å². The Balaban J connectivity index is 1.38. The molecule has 2 aromatic carbocycles. The normalized spacial score (nSPS) is 11.8. The Morgan fingerprint density at radius 2 is 1.77 bits per heavy atom. The lowest BCUT2D eigenvalue weighted by atomic mass is 9.98. The molecule has 0 atom stereocenters. The molecule has 5 heteroatoms. The van der Waals surface area contributed by atoms with Crippen LogP contribution in [0, 0.1) is 11.8 Å². The van der Waals surface area contributed by atoms with Gasteiger partial charge >= 0.3 is 6.09 Å². The van der Waals surface area contributed by atoms with Crippen molar-refractivity contribution in [3.05, 3.63) is 77.6 Å². The van der Waals surface area contributed by atoms with Gasteiger partial charge in [0.1, 0.15) is 12.3 Å². The van der Waals surface area contributed by atoms with E-state index in [1.807, 2.05) is 24.3 Å². The summed E-state index contributed by atoms with van der Waals surface area (Å²) < 4.78 is 5.44. The molecular weight excluding hydrogens is 326 g/mol. The smallest absolute Gasteiger partial charge is 0.407 e. The summed E-state index contributed by atoms with van der Waals surface area (Å²) in [7, 11) is 0. The number of ether oxygens (including phenoxy) is 1. The highest BCUT2D eigenvalue weighted by Crippen LogP contribution is 2.44. The highest BCUT2D eigenvalue weighted by molar-refractivity contribution is 5.79. The van der Waals surface area contributed by atoms with Crippen LogP contribution in [-0.4, -0.2) is 29.4 Å². The summed E-state index contributed by atoms with van der Waals surface area (Å²) in [4.78, 5) is 12.0. The van der Waals surface area contributed by atoms with Gasteiger partial charge in [-0.15, -0.1) is 0 Å². The number of carbonyl (C=O) groups is 1. The lowest BCUT2D eigenvalue weighted by Gasteiger charge is -2.14. The lowest BCUT2D eigenvalue weighted by molar-refractivity contribution is 0.144. The second-order valence-electron chi connectivity index (χ2n) is 5.95. The number of H-pyrrole nitrogens is 1. The molecule has 0 bridgehead atoms. The van der Waals surface area contributed by atoms with Crippen LogP contribution in [0.2, 0.25) is 0 Å². The van der Waals surface area contributed by atoms with Crippen molar-refractivity contribution in [3.8, 4) is 23.0 Å². The average Bonchev–Trinajstić information content (AvgIpc) is 3.30. The average molecular weight is 343 g/mol. The van der Waals surface area contributed by atoms with Gasteiger partial charge in [-0.05, 0) is 34.2 Å². The van der Waals surface area contributed by atoms with Crippen molar-refractivity contribution in [3.63, 3.8) is 0 Å². The fourth-order valence-corrected chi connectivity index (χ4v) is 3.23. The third-order valence-corrected chi connectivity index (χ3v) is 4.39. The maximum absolute atomic E-state index is 12.0. The van der Waals surface area contributed by atoms with Gasteiger partial charge in [0.25, 0.3) is 0 Å². The molecule has 1 aliphatic carbocycles. The molecule has 1 heterocycles. The molecule has 0 saturated heterocycles. The van der Waals surface area contributed by atoms with E-state index in [2.05, 4.69) is 51.6 Å². The lowest BCUT2D eigenvalue weighted by Crippen LogP contribution is -2.26. The third kappa shape index (κ3) is 3.17. The van der Waals surface area contributed by atoms with Crippen molar-refractivity contribution in [2.24, 2.45) is 0 Å². The summed E-state index contributed by atoms with van der Waals surface area (Å²) in [6.07, 6.45) is 1.16. The van der Waals surface area contributed by atoms with Crippen LogP contribution in [-0.2, 0) is 4.74 Å². The van der Waals surface area contributed by atoms with E-state index in [0.717, 1.165) is 0 Å². The van der Waals surface area contributed by atoms with Crippen LogP contribution in [0.1, 0.15) is 22.7 Å². The number of aromatic amines is 1. The Kier molecular flexibility index (Phi) is 4.40. The number of aromatic nitrogens is 2. The molecule has 4 rings (SSSR count). The number of amides is 1. The minimum absolute atomic E-state index is 0.0595. The zero-order valence-electron chi connectivity index (χ0n) is 14.0. The molecule has 5 nitrogen and oxygen atoms in total. The summed E-state index contributed by atoms with van der Waals surface area (Å²) >= 11 is 0. The standard InChI is InChI=1S/C21H17N3O2/c25-21(22-12-5-6-15-11-13-23-24-15)26-14-20-18-9-3-1-7-16(18)17-8-2-4-10-19(17)20/h1-4,7-11,13,20H,12,14H2,(H,22,25)(H,23,24). The highest BCUT2D eigenvalue weighted by Gasteiger charge is 2.28. The number of benzene rings is 2. The van der Waals surface area contributed by atoms with Crippen LogP contribution in [0.4, 0.5) is 4.79 Å². The monoisotopic (exact) mass is 343 g/mol. The summed E-state index contributed by atoms with van der Waals surface area (Å²) in [6, 6.07) is 18.3. The van der Waals surface area contributed by atoms with Crippen LogP contribution < -0.4 is 5.32 Å². The highest BCUT2D eigenvalue weighted by atomic mass is 16.5. The number of rotatable bonds is 3. The molecule has 0 unspecified atom stereocenters. The Labute approximate surface area is 151 Å². The van der Waals surface area contributed by atoms with Gasteiger partial charge in [0.2, 0.25) is 0 Å². The van der Waals surface area contributed by atoms with Crippen LogP contribution in [0.3, 0.4) is 0 Å². The minimum atomic E-state index is -0.467. The molecule has 128 valence electrons. The maximum Gasteiger partial charge on any atom is 0.407 e. The SMILES string of the molecule is O=C(NCC#Cc1ccn[nH]1)OCC1c2ccccc2-c2ccccc21. The van der Waals surface area contributed by atoms with Crippen LogP contribution in [0.15, 0.2) is 60.8 Å². The first-order valence-corrected chi connectivity index (χ1v) is 8.40. The van der Waals surface area contributed by atoms with E-state index >= 15 is 0 Å². The Morgan fingerprint density at radius 3 is 2.42 bits per heavy atom. The van der Waals surface area contributed by atoms with Gasteiger partial charge in [-0.3, -0.25) is 5.10 Å². The van der Waals surface area contributed by atoms with Gasteiger partial charge in [-0.2, -0.15) is 5.10 Å². The quantitative estimate of drug-likeness (QED) is 0.717. The third-order valence-electron chi connectivity index (χ3n) is 4.39. The van der Waals surface area contributed by atoms with Crippen LogP contribution >= 0.6 is 0 Å². The summed E-state index contributed by atoms with van der Waals surface area (Å²) in [5, 5.41) is 9.19. The molecule has 26 heavy (non-hydrogen) atoms. The topological polar surface area (TPSA) is 67.0 Å². The largest absolute Gasteiger partial charge is 0.449 e. The predicted molar refractivity (Wildman–Crippen MR) is 98.5 cm³/mol. The van der Waals surface area contributed by atoms with Crippen LogP contribution in [0.25, 0.3) is 11.1 Å². The number of fused-ring (bicyclic) bond motifs is 3. The number of hydrogen-bond acceptors (Lipinski definition) is 3. The fourth-order valence-electron chi connectivity index (χ4n) is 3.23. The van der Waals surface area contributed by atoms with E-state index < -0.39 is 6.09 Å². The Bertz CT molecular complexity index is 938. The van der Waals surface area contributed by atoms with Crippen molar-refractivity contribution < 1.29 is 9.53 Å². The first-order valence-electron chi connectivity index (χ1n) is 8.40. The number of carbonyl (C=O) groups excluding carboxylic acids is 1. The van der Waals surface area contributed by atoms with Gasteiger partial charge < -0.3 is 10.1 Å². The van der Waals surface area contributed by atoms with Crippen molar-refractivity contribution >= 4 is 6.09 Å². The number of nitrogens with zero attached hydrogens (tertiary/aromatic N) is 1. The molecule has 0 fully saturated rings. The molecule has 1 amide bonds. The first kappa shape index (κ1) is 16.0. The zero-order valence-corrected chi connectivity index (χ0v) is 14.0. The molecule has 0 radical (unpaired) electrons. The second-order valence-corrected chi connectivity index (χ2v) is 5.95. The van der Waals surface area contributed by atoms with Crippen molar-refractivity contribution in [1.82, 2.24) is 15.5 Å². The molecule has 1 aromatic heterocycles. The Morgan fingerprint density at radius 1 is 1.08 bits per heavy atom. The van der Waals surface area contributed by atoms with E-state index in [4.69, 9.17) is 4.74 Å². The van der Waals surface area contributed by atoms with Crippen molar-refractivity contribution in [2.45, 2.75) is 5.92 Å². The molecule has 0 saturated carbocycles. The second kappa shape index (κ2) is 7.16. The van der Waals surface area contributed by atoms with Gasteiger partial charge in [-0.1, -0.05) is 54.5 Å². The first-order chi connectivity index (χ1) is 12.8. The maximum atomic E-state index is 12.0. The van der Waals surface area contributed by atoms with E-state index in [9.17, 15) is 4.79 Å². The predicted octanol–water partition coefficient (Wildman–Crippen LogP) is 3.30. The molecule has 0 spiro atoms. The summed E-state index contributed by atoms with van der Waals surface area (Å²) in [5.41, 5.74) is 5.52.